The van der Waals surface area contributed by atoms with E-state index in [9.17, 15) is 19.2 Å². The molecule has 1 saturated heterocycles. The molecule has 1 atom stereocenters. The first-order valence-electron chi connectivity index (χ1n) is 14.7. The van der Waals surface area contributed by atoms with E-state index >= 15 is 0 Å². The van der Waals surface area contributed by atoms with Crippen LogP contribution in [0.3, 0.4) is 0 Å². The van der Waals surface area contributed by atoms with Crippen LogP contribution in [0, 0.1) is 0 Å². The van der Waals surface area contributed by atoms with Gasteiger partial charge in [-0.3, -0.25) is 29.4 Å². The first-order valence-corrected chi connectivity index (χ1v) is 15.5. The van der Waals surface area contributed by atoms with E-state index in [0.717, 1.165) is 62.8 Å². The smallest absolute Gasteiger partial charge is 0.266 e. The van der Waals surface area contributed by atoms with Gasteiger partial charge in [-0.15, -0.1) is 11.3 Å². The van der Waals surface area contributed by atoms with Crippen LogP contribution in [0.5, 0.6) is 11.5 Å². The monoisotopic (exact) mass is 612 g/mol. The largest absolute Gasteiger partial charge is 0.494 e. The molecular formula is C33H32N4O6S. The lowest BCUT2D eigenvalue weighted by atomic mass is 10.0. The molecule has 1 aromatic heterocycles. The van der Waals surface area contributed by atoms with Crippen molar-refractivity contribution in [2.75, 3.05) is 25.6 Å². The Kier molecular flexibility index (Phi) is 8.56. The van der Waals surface area contributed by atoms with E-state index in [1.54, 1.807) is 29.5 Å². The minimum Gasteiger partial charge on any atom is -0.494 e. The van der Waals surface area contributed by atoms with Crippen LogP contribution in [0.4, 0.5) is 5.69 Å². The van der Waals surface area contributed by atoms with Crippen molar-refractivity contribution >= 4 is 50.9 Å². The Morgan fingerprint density at radius 1 is 0.932 bits per heavy atom. The van der Waals surface area contributed by atoms with Gasteiger partial charge in [-0.05, 0) is 86.7 Å². The average molecular weight is 613 g/mol. The molecule has 0 spiro atoms. The number of carbonyl (C=O) groups excluding carboxylic acids is 4. The predicted octanol–water partition coefficient (Wildman–Crippen LogP) is 5.42. The fourth-order valence-electron chi connectivity index (χ4n) is 5.43. The van der Waals surface area contributed by atoms with E-state index in [1.807, 2.05) is 37.4 Å². The summed E-state index contributed by atoms with van der Waals surface area (Å²) in [6.45, 7) is 0.988. The fraction of sp³-hybridized carbons (Fsp3) is 0.303. The third-order valence-corrected chi connectivity index (χ3v) is 8.84. The maximum atomic E-state index is 13.2. The number of amides is 4. The number of piperidine rings is 1. The Bertz CT molecular complexity index is 1730. The second kappa shape index (κ2) is 12.8. The van der Waals surface area contributed by atoms with Crippen LogP contribution in [-0.2, 0) is 9.59 Å². The number of imide groups is 2. The number of thiazole rings is 1. The molecule has 4 aromatic rings. The van der Waals surface area contributed by atoms with Crippen LogP contribution in [0.2, 0.25) is 0 Å². The van der Waals surface area contributed by atoms with Gasteiger partial charge in [0.05, 0.1) is 34.6 Å². The number of nitrogens with zero attached hydrogens (tertiary/aromatic N) is 2. The Morgan fingerprint density at radius 2 is 1.70 bits per heavy atom. The standard InChI is InChI=1S/C33H32N4O6S/c1-34-21-11-9-20(10-12-21)31-35-24-14-13-22(19-27(24)44-31)42-17-4-2-3-5-18-43-26-8-6-7-23-29(26)33(41)37(32(23)40)25-15-16-28(38)36-30(25)39/h6-14,19,25,34H,2-5,15-18H2,1H3,(H,36,38,39). The maximum Gasteiger partial charge on any atom is 0.266 e. The number of ether oxygens (including phenoxy) is 2. The SMILES string of the molecule is CNc1ccc(-c2nc3ccc(OCCCCCCOc4cccc5c4C(=O)N(C4CCC(=O)NC4=O)C5=O)cc3s2)cc1. The number of hydrogen-bond acceptors (Lipinski definition) is 9. The lowest BCUT2D eigenvalue weighted by Crippen LogP contribution is -2.54. The van der Waals surface area contributed by atoms with Gasteiger partial charge >= 0.3 is 0 Å². The van der Waals surface area contributed by atoms with Crippen molar-refractivity contribution in [3.63, 3.8) is 0 Å². The minimum atomic E-state index is -1.00. The average Bonchev–Trinajstić information content (AvgIpc) is 3.57. The number of fused-ring (bicyclic) bond motifs is 2. The number of anilines is 1. The van der Waals surface area contributed by atoms with Crippen LogP contribution in [0.25, 0.3) is 20.8 Å². The summed E-state index contributed by atoms with van der Waals surface area (Å²) in [5.74, 6) is -0.993. The molecular weight excluding hydrogens is 580 g/mol. The van der Waals surface area contributed by atoms with Gasteiger partial charge in [0.15, 0.2) is 0 Å². The van der Waals surface area contributed by atoms with E-state index < -0.39 is 29.7 Å². The molecule has 226 valence electrons. The molecule has 0 bridgehead atoms. The van der Waals surface area contributed by atoms with Gasteiger partial charge in [-0.1, -0.05) is 6.07 Å². The van der Waals surface area contributed by atoms with Crippen LogP contribution < -0.4 is 20.1 Å². The Balaban J connectivity index is 0.946. The fourth-order valence-corrected chi connectivity index (χ4v) is 6.43. The number of benzene rings is 3. The second-order valence-electron chi connectivity index (χ2n) is 10.7. The zero-order valence-corrected chi connectivity index (χ0v) is 25.1. The van der Waals surface area contributed by atoms with Crippen LogP contribution in [-0.4, -0.2) is 59.8 Å². The van der Waals surface area contributed by atoms with Crippen molar-refractivity contribution < 1.29 is 28.7 Å². The summed E-state index contributed by atoms with van der Waals surface area (Å²) in [7, 11) is 1.90. The molecule has 2 aliphatic heterocycles. The first-order chi connectivity index (χ1) is 21.4. The predicted molar refractivity (Wildman–Crippen MR) is 167 cm³/mol. The number of aromatic nitrogens is 1. The molecule has 0 saturated carbocycles. The van der Waals surface area contributed by atoms with E-state index in [-0.39, 0.29) is 24.0 Å². The van der Waals surface area contributed by atoms with Crippen LogP contribution in [0.1, 0.15) is 59.2 Å². The van der Waals surface area contributed by atoms with Crippen LogP contribution in [0.15, 0.2) is 60.7 Å². The molecule has 2 aliphatic rings. The molecule has 1 unspecified atom stereocenters. The molecule has 0 radical (unpaired) electrons. The zero-order chi connectivity index (χ0) is 30.6. The molecule has 10 nitrogen and oxygen atoms in total. The third-order valence-electron chi connectivity index (χ3n) is 7.78. The van der Waals surface area contributed by atoms with Gasteiger partial charge in [0.25, 0.3) is 11.8 Å². The Morgan fingerprint density at radius 3 is 2.45 bits per heavy atom. The highest BCUT2D eigenvalue weighted by Crippen LogP contribution is 2.35. The van der Waals surface area contributed by atoms with Crippen molar-refractivity contribution in [3.05, 3.63) is 71.8 Å². The van der Waals surface area contributed by atoms with Crippen molar-refractivity contribution in [1.82, 2.24) is 15.2 Å². The zero-order valence-electron chi connectivity index (χ0n) is 24.3. The van der Waals surface area contributed by atoms with Crippen molar-refractivity contribution in [3.8, 4) is 22.1 Å². The van der Waals surface area contributed by atoms with Crippen LogP contribution >= 0.6 is 11.3 Å². The van der Waals surface area contributed by atoms with E-state index in [4.69, 9.17) is 14.5 Å². The summed E-state index contributed by atoms with van der Waals surface area (Å²) < 4.78 is 13.0. The van der Waals surface area contributed by atoms with Crippen molar-refractivity contribution in [2.24, 2.45) is 0 Å². The lowest BCUT2D eigenvalue weighted by molar-refractivity contribution is -0.136. The quantitative estimate of drug-likeness (QED) is 0.160. The van der Waals surface area contributed by atoms with Gasteiger partial charge in [0, 0.05) is 24.7 Å². The topological polar surface area (TPSA) is 127 Å². The number of carbonyl (C=O) groups is 4. The highest BCUT2D eigenvalue weighted by molar-refractivity contribution is 7.21. The van der Waals surface area contributed by atoms with Gasteiger partial charge in [0.1, 0.15) is 22.5 Å². The van der Waals surface area contributed by atoms with E-state index in [2.05, 4.69) is 22.8 Å². The summed E-state index contributed by atoms with van der Waals surface area (Å²) in [5, 5.41) is 6.31. The summed E-state index contributed by atoms with van der Waals surface area (Å²) in [6, 6.07) is 18.1. The van der Waals surface area contributed by atoms with Gasteiger partial charge in [-0.2, -0.15) is 0 Å². The minimum absolute atomic E-state index is 0.0768. The van der Waals surface area contributed by atoms with Gasteiger partial charge < -0.3 is 14.8 Å². The Labute approximate surface area is 258 Å². The Hall–Kier alpha value is -4.77. The molecule has 44 heavy (non-hydrogen) atoms. The second-order valence-corrected chi connectivity index (χ2v) is 11.7. The highest BCUT2D eigenvalue weighted by Gasteiger charge is 2.46. The van der Waals surface area contributed by atoms with Crippen molar-refractivity contribution in [2.45, 2.75) is 44.6 Å². The maximum absolute atomic E-state index is 13.2. The highest BCUT2D eigenvalue weighted by atomic mass is 32.1. The van der Waals surface area contributed by atoms with Gasteiger partial charge in [-0.25, -0.2) is 4.98 Å². The summed E-state index contributed by atoms with van der Waals surface area (Å²) in [4.78, 5) is 55.7. The molecule has 6 rings (SSSR count). The molecule has 1 fully saturated rings. The van der Waals surface area contributed by atoms with Crippen molar-refractivity contribution in [1.29, 1.82) is 0 Å². The molecule has 3 aromatic carbocycles. The normalized spacial score (nSPS) is 16.3. The molecule has 3 heterocycles. The summed E-state index contributed by atoms with van der Waals surface area (Å²) >= 11 is 1.65. The summed E-state index contributed by atoms with van der Waals surface area (Å²) in [6.07, 6.45) is 3.71. The third kappa shape index (κ3) is 6.00. The number of nitrogens with one attached hydrogen (secondary N) is 2. The van der Waals surface area contributed by atoms with Gasteiger partial charge in [0.2, 0.25) is 11.8 Å². The molecule has 4 amide bonds. The van der Waals surface area contributed by atoms with E-state index in [1.165, 1.54) is 0 Å². The molecule has 2 N–H and O–H groups in total. The summed E-state index contributed by atoms with van der Waals surface area (Å²) in [5.41, 5.74) is 3.49. The number of rotatable bonds is 12. The number of unbranched alkanes of at least 4 members (excludes halogenated alkanes) is 3. The van der Waals surface area contributed by atoms with E-state index in [0.29, 0.717) is 19.0 Å². The molecule has 11 heteroatoms. The molecule has 0 aliphatic carbocycles. The lowest BCUT2D eigenvalue weighted by Gasteiger charge is -2.27. The first kappa shape index (κ1) is 29.3. The number of hydrogen-bond donors (Lipinski definition) is 2.